The van der Waals surface area contributed by atoms with Gasteiger partial charge in [-0.1, -0.05) is 12.1 Å². The van der Waals surface area contributed by atoms with Crippen molar-refractivity contribution < 1.29 is 19.4 Å². The van der Waals surface area contributed by atoms with E-state index in [9.17, 15) is 4.79 Å². The van der Waals surface area contributed by atoms with Gasteiger partial charge in [0.25, 0.3) is 0 Å². The summed E-state index contributed by atoms with van der Waals surface area (Å²) in [5.41, 5.74) is 1.48. The van der Waals surface area contributed by atoms with Crippen molar-refractivity contribution in [3.63, 3.8) is 0 Å². The maximum Gasteiger partial charge on any atom is 0.353 e. The Morgan fingerprint density at radius 2 is 2.14 bits per heavy atom. The maximum absolute atomic E-state index is 10.9. The summed E-state index contributed by atoms with van der Waals surface area (Å²) >= 11 is 0. The van der Waals surface area contributed by atoms with E-state index in [1.165, 1.54) is 6.07 Å². The van der Waals surface area contributed by atoms with Crippen LogP contribution < -0.4 is 4.74 Å². The van der Waals surface area contributed by atoms with E-state index < -0.39 is 5.97 Å². The normalized spacial score (nSPS) is 15.8. The molecule has 110 valence electrons. The Kier molecular flexibility index (Phi) is 3.87. The zero-order chi connectivity index (χ0) is 14.7. The Morgan fingerprint density at radius 1 is 1.33 bits per heavy atom. The summed E-state index contributed by atoms with van der Waals surface area (Å²) in [6.45, 7) is 1.46. The van der Waals surface area contributed by atoms with E-state index in [1.54, 1.807) is 0 Å². The largest absolute Gasteiger partial charge is 0.490 e. The zero-order valence-corrected chi connectivity index (χ0v) is 11.4. The van der Waals surface area contributed by atoms with Crippen LogP contribution in [0.15, 0.2) is 30.3 Å². The van der Waals surface area contributed by atoms with Crippen molar-refractivity contribution in [2.45, 2.75) is 18.9 Å². The van der Waals surface area contributed by atoms with Crippen molar-refractivity contribution in [1.29, 1.82) is 0 Å². The van der Waals surface area contributed by atoms with Crippen molar-refractivity contribution in [3.8, 4) is 17.0 Å². The molecule has 1 saturated heterocycles. The highest BCUT2D eigenvalue weighted by Gasteiger charge is 2.16. The van der Waals surface area contributed by atoms with Crippen molar-refractivity contribution in [3.05, 3.63) is 36.0 Å². The molecule has 1 aliphatic heterocycles. The molecule has 1 aliphatic rings. The third-order valence-electron chi connectivity index (χ3n) is 3.41. The van der Waals surface area contributed by atoms with E-state index in [0.29, 0.717) is 5.69 Å². The number of ether oxygens (including phenoxy) is 2. The third kappa shape index (κ3) is 3.22. The molecule has 0 amide bonds. The van der Waals surface area contributed by atoms with E-state index >= 15 is 0 Å². The van der Waals surface area contributed by atoms with E-state index in [-0.39, 0.29) is 11.8 Å². The molecular formula is C15H16N2O4. The number of H-pyrrole nitrogens is 1. The highest BCUT2D eigenvalue weighted by molar-refractivity contribution is 5.86. The summed E-state index contributed by atoms with van der Waals surface area (Å²) < 4.78 is 11.2. The summed E-state index contributed by atoms with van der Waals surface area (Å²) in [6, 6.07) is 9.02. The molecule has 0 aliphatic carbocycles. The number of carbonyl (C=O) groups is 1. The molecule has 0 radical (unpaired) electrons. The predicted octanol–water partition coefficient (Wildman–Crippen LogP) is 2.33. The zero-order valence-electron chi connectivity index (χ0n) is 11.4. The number of benzene rings is 1. The number of nitrogens with one attached hydrogen (secondary N) is 1. The molecule has 1 fully saturated rings. The standard InChI is InChI=1S/C15H16N2O4/c18-15(19)14-9-13(16-17-14)10-2-1-3-12(8-10)21-11-4-6-20-7-5-11/h1-3,8-9,11H,4-7H2,(H,16,17)(H,18,19). The fourth-order valence-corrected chi connectivity index (χ4v) is 2.29. The van der Waals surface area contributed by atoms with Crippen LogP contribution in [0.1, 0.15) is 23.3 Å². The summed E-state index contributed by atoms with van der Waals surface area (Å²) in [6.07, 6.45) is 1.94. The van der Waals surface area contributed by atoms with Crippen LogP contribution in [-0.2, 0) is 4.74 Å². The van der Waals surface area contributed by atoms with Crippen LogP contribution in [0.5, 0.6) is 5.75 Å². The fraction of sp³-hybridized carbons (Fsp3) is 0.333. The van der Waals surface area contributed by atoms with Crippen LogP contribution in [0.25, 0.3) is 11.3 Å². The van der Waals surface area contributed by atoms with Gasteiger partial charge in [0.15, 0.2) is 0 Å². The Balaban J connectivity index is 1.76. The maximum atomic E-state index is 10.9. The van der Waals surface area contributed by atoms with Gasteiger partial charge in [-0.05, 0) is 18.2 Å². The number of carboxylic acid groups (broad SMARTS) is 1. The van der Waals surface area contributed by atoms with Crippen LogP contribution in [0, 0.1) is 0 Å². The molecule has 2 aromatic rings. The smallest absolute Gasteiger partial charge is 0.353 e. The molecule has 0 bridgehead atoms. The Hall–Kier alpha value is -2.34. The molecule has 1 aromatic heterocycles. The van der Waals surface area contributed by atoms with Crippen LogP contribution >= 0.6 is 0 Å². The Bertz CT molecular complexity index is 632. The molecule has 0 unspecified atom stereocenters. The molecule has 21 heavy (non-hydrogen) atoms. The Labute approximate surface area is 121 Å². The molecule has 6 nitrogen and oxygen atoms in total. The predicted molar refractivity (Wildman–Crippen MR) is 75.5 cm³/mol. The molecule has 0 saturated carbocycles. The minimum atomic E-state index is -1.02. The van der Waals surface area contributed by atoms with E-state index in [2.05, 4.69) is 10.2 Å². The molecule has 1 aromatic carbocycles. The van der Waals surface area contributed by atoms with Crippen LogP contribution in [0.2, 0.25) is 0 Å². The lowest BCUT2D eigenvalue weighted by molar-refractivity contribution is 0.0256. The lowest BCUT2D eigenvalue weighted by Gasteiger charge is -2.23. The monoisotopic (exact) mass is 288 g/mol. The topological polar surface area (TPSA) is 84.4 Å². The minimum absolute atomic E-state index is 0.0701. The number of aromatic amines is 1. The highest BCUT2D eigenvalue weighted by atomic mass is 16.5. The Morgan fingerprint density at radius 3 is 2.86 bits per heavy atom. The average molecular weight is 288 g/mol. The number of hydrogen-bond acceptors (Lipinski definition) is 4. The van der Waals surface area contributed by atoms with Gasteiger partial charge in [-0.15, -0.1) is 0 Å². The number of carboxylic acids is 1. The van der Waals surface area contributed by atoms with E-state index in [4.69, 9.17) is 14.6 Å². The summed E-state index contributed by atoms with van der Waals surface area (Å²) in [5.74, 6) is -0.261. The molecular weight excluding hydrogens is 272 g/mol. The first-order valence-electron chi connectivity index (χ1n) is 6.86. The van der Waals surface area contributed by atoms with Gasteiger partial charge in [-0.3, -0.25) is 5.10 Å². The molecule has 2 heterocycles. The first kappa shape index (κ1) is 13.6. The summed E-state index contributed by atoms with van der Waals surface area (Å²) in [5, 5.41) is 15.4. The molecule has 3 rings (SSSR count). The fourth-order valence-electron chi connectivity index (χ4n) is 2.29. The van der Waals surface area contributed by atoms with Gasteiger partial charge in [-0.25, -0.2) is 4.79 Å². The summed E-state index contributed by atoms with van der Waals surface area (Å²) in [4.78, 5) is 10.9. The second-order valence-corrected chi connectivity index (χ2v) is 4.93. The lowest BCUT2D eigenvalue weighted by atomic mass is 10.1. The van der Waals surface area contributed by atoms with Gasteiger partial charge in [0.1, 0.15) is 17.5 Å². The van der Waals surface area contributed by atoms with E-state index in [1.807, 2.05) is 24.3 Å². The average Bonchev–Trinajstić information content (AvgIpc) is 2.99. The molecule has 2 N–H and O–H groups in total. The molecule has 6 heteroatoms. The second-order valence-electron chi connectivity index (χ2n) is 4.93. The van der Waals surface area contributed by atoms with Gasteiger partial charge >= 0.3 is 5.97 Å². The van der Waals surface area contributed by atoms with Gasteiger partial charge in [0, 0.05) is 18.4 Å². The van der Waals surface area contributed by atoms with Crippen molar-refractivity contribution in [2.75, 3.05) is 13.2 Å². The molecule has 0 atom stereocenters. The molecule has 0 spiro atoms. The number of rotatable bonds is 4. The van der Waals surface area contributed by atoms with Gasteiger partial charge < -0.3 is 14.6 Å². The van der Waals surface area contributed by atoms with Crippen LogP contribution in [0.4, 0.5) is 0 Å². The minimum Gasteiger partial charge on any atom is -0.490 e. The first-order chi connectivity index (χ1) is 10.2. The highest BCUT2D eigenvalue weighted by Crippen LogP contribution is 2.25. The van der Waals surface area contributed by atoms with Gasteiger partial charge in [0.05, 0.1) is 18.9 Å². The van der Waals surface area contributed by atoms with Crippen molar-refractivity contribution in [2.24, 2.45) is 0 Å². The second kappa shape index (κ2) is 5.97. The van der Waals surface area contributed by atoms with Gasteiger partial charge in [0.2, 0.25) is 0 Å². The van der Waals surface area contributed by atoms with E-state index in [0.717, 1.165) is 37.4 Å². The van der Waals surface area contributed by atoms with Gasteiger partial charge in [-0.2, -0.15) is 5.10 Å². The lowest BCUT2D eigenvalue weighted by Crippen LogP contribution is -2.25. The number of hydrogen-bond donors (Lipinski definition) is 2. The number of aromatic carboxylic acids is 1. The third-order valence-corrected chi connectivity index (χ3v) is 3.41. The summed E-state index contributed by atoms with van der Waals surface area (Å²) in [7, 11) is 0. The van der Waals surface area contributed by atoms with Crippen molar-refractivity contribution in [1.82, 2.24) is 10.2 Å². The van der Waals surface area contributed by atoms with Crippen molar-refractivity contribution >= 4 is 5.97 Å². The SMILES string of the molecule is O=C(O)c1cc(-c2cccc(OC3CCOCC3)c2)n[nH]1. The quantitative estimate of drug-likeness (QED) is 0.902. The van der Waals surface area contributed by atoms with Crippen LogP contribution in [-0.4, -0.2) is 40.6 Å². The van der Waals surface area contributed by atoms with Crippen LogP contribution in [0.3, 0.4) is 0 Å². The number of aromatic nitrogens is 2. The number of nitrogens with zero attached hydrogens (tertiary/aromatic N) is 1. The first-order valence-corrected chi connectivity index (χ1v) is 6.86.